The second-order valence-corrected chi connectivity index (χ2v) is 5.17. The van der Waals surface area contributed by atoms with Crippen molar-refractivity contribution in [1.82, 2.24) is 0 Å². The van der Waals surface area contributed by atoms with E-state index in [0.717, 1.165) is 0 Å². The molecule has 0 fully saturated rings. The standard InChI is InChI=1S/C6H7Cl4F3/c7-4(8)5(9,10)2-1-3-6(11,12)13/h4H,1-3H2. The summed E-state index contributed by atoms with van der Waals surface area (Å²) in [5.74, 6) is 0. The fraction of sp³-hybridized carbons (Fsp3) is 1.00. The molecule has 0 heterocycles. The third-order valence-corrected chi connectivity index (χ3v) is 3.30. The molecule has 0 unspecified atom stereocenters. The quantitative estimate of drug-likeness (QED) is 0.654. The third kappa shape index (κ3) is 6.95. The minimum atomic E-state index is -4.20. The smallest absolute Gasteiger partial charge is 0.171 e. The molecular weight excluding hydrogens is 271 g/mol. The first-order chi connectivity index (χ1) is 5.65. The molecule has 0 spiro atoms. The zero-order valence-corrected chi connectivity index (χ0v) is 9.37. The molecule has 0 radical (unpaired) electrons. The summed E-state index contributed by atoms with van der Waals surface area (Å²) >= 11 is 21.7. The van der Waals surface area contributed by atoms with Crippen molar-refractivity contribution in [2.45, 2.75) is 34.6 Å². The Labute approximate surface area is 94.3 Å². The highest BCUT2D eigenvalue weighted by Crippen LogP contribution is 2.38. The fourth-order valence-corrected chi connectivity index (χ4v) is 1.12. The monoisotopic (exact) mass is 276 g/mol. The van der Waals surface area contributed by atoms with E-state index in [1.807, 2.05) is 0 Å². The van der Waals surface area contributed by atoms with Gasteiger partial charge in [-0.2, -0.15) is 13.2 Å². The van der Waals surface area contributed by atoms with Crippen molar-refractivity contribution in [1.29, 1.82) is 0 Å². The molecule has 0 aromatic rings. The van der Waals surface area contributed by atoms with E-state index >= 15 is 0 Å². The van der Waals surface area contributed by atoms with Crippen molar-refractivity contribution in [3.05, 3.63) is 0 Å². The predicted octanol–water partition coefficient (Wildman–Crippen LogP) is 4.70. The Balaban J connectivity index is 3.77. The molecule has 0 aromatic carbocycles. The molecule has 0 aliphatic carbocycles. The van der Waals surface area contributed by atoms with E-state index in [2.05, 4.69) is 0 Å². The van der Waals surface area contributed by atoms with Gasteiger partial charge in [0.15, 0.2) is 0 Å². The van der Waals surface area contributed by atoms with Crippen molar-refractivity contribution >= 4 is 46.4 Å². The first kappa shape index (κ1) is 13.9. The molecule has 80 valence electrons. The van der Waals surface area contributed by atoms with Crippen LogP contribution in [0.5, 0.6) is 0 Å². The van der Waals surface area contributed by atoms with E-state index in [1.165, 1.54) is 0 Å². The van der Waals surface area contributed by atoms with E-state index in [1.54, 1.807) is 0 Å². The van der Waals surface area contributed by atoms with E-state index in [9.17, 15) is 13.2 Å². The SMILES string of the molecule is FC(F)(F)CCCC(Cl)(Cl)C(Cl)Cl. The first-order valence-corrected chi connectivity index (χ1v) is 5.01. The molecule has 7 heteroatoms. The Morgan fingerprint density at radius 3 is 1.77 bits per heavy atom. The van der Waals surface area contributed by atoms with Crippen LogP contribution in [0.1, 0.15) is 19.3 Å². The summed E-state index contributed by atoms with van der Waals surface area (Å²) in [7, 11) is 0. The molecule has 0 rings (SSSR count). The summed E-state index contributed by atoms with van der Waals surface area (Å²) in [4.78, 5) is -1.09. The Morgan fingerprint density at radius 2 is 1.46 bits per heavy atom. The second-order valence-electron chi connectivity index (χ2n) is 2.53. The average Bonchev–Trinajstić information content (AvgIpc) is 1.82. The number of hydrogen-bond acceptors (Lipinski definition) is 0. The molecule has 0 aliphatic heterocycles. The van der Waals surface area contributed by atoms with Crippen molar-refractivity contribution < 1.29 is 13.2 Å². The highest BCUT2D eigenvalue weighted by Gasteiger charge is 2.34. The van der Waals surface area contributed by atoms with Crippen molar-refractivity contribution in [3.63, 3.8) is 0 Å². The number of hydrogen-bond donors (Lipinski definition) is 0. The molecule has 0 amide bonds. The van der Waals surface area contributed by atoms with Gasteiger partial charge < -0.3 is 0 Å². The van der Waals surface area contributed by atoms with Crippen LogP contribution in [0, 0.1) is 0 Å². The number of alkyl halides is 7. The van der Waals surface area contributed by atoms with Gasteiger partial charge in [0.25, 0.3) is 0 Å². The third-order valence-electron chi connectivity index (χ3n) is 1.29. The maximum Gasteiger partial charge on any atom is 0.389 e. The molecule has 0 atom stereocenters. The minimum Gasteiger partial charge on any atom is -0.171 e. The van der Waals surface area contributed by atoms with Gasteiger partial charge in [-0.05, 0) is 12.8 Å². The van der Waals surface area contributed by atoms with Gasteiger partial charge in [0.1, 0.15) is 9.17 Å². The lowest BCUT2D eigenvalue weighted by Crippen LogP contribution is -2.22. The maximum atomic E-state index is 11.7. The molecule has 0 aliphatic rings. The summed E-state index contributed by atoms with van der Waals surface area (Å²) in [6.07, 6.45) is -5.41. The van der Waals surface area contributed by atoms with Gasteiger partial charge in [0, 0.05) is 6.42 Å². The molecule has 0 nitrogen and oxygen atoms in total. The predicted molar refractivity (Wildman–Crippen MR) is 49.8 cm³/mol. The van der Waals surface area contributed by atoms with Gasteiger partial charge in [0.2, 0.25) is 0 Å². The maximum absolute atomic E-state index is 11.7. The van der Waals surface area contributed by atoms with E-state index in [0.29, 0.717) is 0 Å². The van der Waals surface area contributed by atoms with Crippen LogP contribution in [0.15, 0.2) is 0 Å². The Bertz CT molecular complexity index is 154. The lowest BCUT2D eigenvalue weighted by molar-refractivity contribution is -0.135. The van der Waals surface area contributed by atoms with Crippen molar-refractivity contribution in [2.75, 3.05) is 0 Å². The van der Waals surface area contributed by atoms with Crippen LogP contribution in [0.25, 0.3) is 0 Å². The molecular formula is C6H7Cl4F3. The van der Waals surface area contributed by atoms with E-state index in [-0.39, 0.29) is 12.8 Å². The van der Waals surface area contributed by atoms with Gasteiger partial charge in [-0.3, -0.25) is 0 Å². The molecule has 13 heavy (non-hydrogen) atoms. The van der Waals surface area contributed by atoms with E-state index in [4.69, 9.17) is 46.4 Å². The number of halogens is 7. The van der Waals surface area contributed by atoms with E-state index < -0.39 is 21.8 Å². The van der Waals surface area contributed by atoms with Gasteiger partial charge >= 0.3 is 6.18 Å². The Hall–Kier alpha value is 0.950. The zero-order chi connectivity index (χ0) is 10.7. The van der Waals surface area contributed by atoms with Crippen LogP contribution in [0.2, 0.25) is 0 Å². The van der Waals surface area contributed by atoms with Gasteiger partial charge in [-0.15, -0.1) is 23.2 Å². The summed E-state index contributed by atoms with van der Waals surface area (Å²) in [6.45, 7) is 0. The minimum absolute atomic E-state index is 0.0900. The molecule has 0 aromatic heterocycles. The van der Waals surface area contributed by atoms with Crippen LogP contribution in [-0.4, -0.2) is 15.3 Å². The summed E-state index contributed by atoms with van der Waals surface area (Å²) in [5.41, 5.74) is 0. The van der Waals surface area contributed by atoms with Crippen LogP contribution >= 0.6 is 46.4 Å². The number of rotatable bonds is 4. The van der Waals surface area contributed by atoms with Crippen LogP contribution in [0.4, 0.5) is 13.2 Å². The summed E-state index contributed by atoms with van der Waals surface area (Å²) in [6, 6.07) is 0. The van der Waals surface area contributed by atoms with Crippen LogP contribution in [-0.2, 0) is 0 Å². The Kier molecular flexibility index (Phi) is 5.53. The topological polar surface area (TPSA) is 0 Å². The average molecular weight is 278 g/mol. The van der Waals surface area contributed by atoms with Gasteiger partial charge in [-0.1, -0.05) is 23.2 Å². The molecule has 0 N–H and O–H groups in total. The Morgan fingerprint density at radius 1 is 1.00 bits per heavy atom. The van der Waals surface area contributed by atoms with Gasteiger partial charge in [0.05, 0.1) is 0 Å². The summed E-state index contributed by atoms with van der Waals surface area (Å²) in [5, 5.41) is 0. The first-order valence-electron chi connectivity index (χ1n) is 3.38. The van der Waals surface area contributed by atoms with Gasteiger partial charge in [-0.25, -0.2) is 0 Å². The van der Waals surface area contributed by atoms with Crippen LogP contribution in [0.3, 0.4) is 0 Å². The van der Waals surface area contributed by atoms with Crippen molar-refractivity contribution in [3.8, 4) is 0 Å². The highest BCUT2D eigenvalue weighted by molar-refractivity contribution is 6.59. The second kappa shape index (κ2) is 5.15. The fourth-order valence-electron chi connectivity index (χ4n) is 0.634. The lowest BCUT2D eigenvalue weighted by atomic mass is 10.2. The lowest BCUT2D eigenvalue weighted by Gasteiger charge is -2.20. The molecule has 0 saturated heterocycles. The zero-order valence-electron chi connectivity index (χ0n) is 6.34. The molecule has 0 saturated carbocycles. The normalized spacial score (nSPS) is 13.8. The summed E-state index contributed by atoms with van der Waals surface area (Å²) < 4.78 is 33.5. The highest BCUT2D eigenvalue weighted by atomic mass is 35.5. The largest absolute Gasteiger partial charge is 0.389 e. The van der Waals surface area contributed by atoms with Crippen LogP contribution < -0.4 is 0 Å². The van der Waals surface area contributed by atoms with Crippen molar-refractivity contribution in [2.24, 2.45) is 0 Å². The molecule has 0 bridgehead atoms.